The molecule has 3 N–H and O–H groups in total. The third kappa shape index (κ3) is 4.47. The Balaban J connectivity index is 2.04. The predicted octanol–water partition coefficient (Wildman–Crippen LogP) is 1.61. The van der Waals surface area contributed by atoms with E-state index in [0.717, 1.165) is 23.7 Å². The van der Waals surface area contributed by atoms with E-state index in [9.17, 15) is 18.0 Å². The molecular formula is C12H12N4O6S2. The summed E-state index contributed by atoms with van der Waals surface area (Å²) in [6, 6.07) is 4.15. The van der Waals surface area contributed by atoms with Gasteiger partial charge in [0.1, 0.15) is 0 Å². The van der Waals surface area contributed by atoms with Crippen molar-refractivity contribution >= 4 is 44.3 Å². The average Bonchev–Trinajstić information content (AvgIpc) is 2.95. The minimum absolute atomic E-state index is 0.112. The van der Waals surface area contributed by atoms with Gasteiger partial charge in [0.05, 0.1) is 11.5 Å². The molecule has 0 saturated heterocycles. The minimum Gasteiger partial charge on any atom is -0.461 e. The summed E-state index contributed by atoms with van der Waals surface area (Å²) in [5, 5.41) is 8.53. The van der Waals surface area contributed by atoms with Crippen LogP contribution in [0.3, 0.4) is 0 Å². The molecule has 10 nitrogen and oxygen atoms in total. The van der Waals surface area contributed by atoms with E-state index in [0.29, 0.717) is 0 Å². The van der Waals surface area contributed by atoms with Gasteiger partial charge in [-0.15, -0.1) is 5.10 Å². The van der Waals surface area contributed by atoms with Crippen molar-refractivity contribution in [2.24, 2.45) is 0 Å². The molecule has 24 heavy (non-hydrogen) atoms. The molecule has 2 rings (SSSR count). The second kappa shape index (κ2) is 7.33. The highest BCUT2D eigenvalue weighted by molar-refractivity contribution is 7.85. The summed E-state index contributed by atoms with van der Waals surface area (Å²) >= 11 is 0.802. The molecule has 128 valence electrons. The van der Waals surface area contributed by atoms with Crippen molar-refractivity contribution in [2.75, 3.05) is 17.2 Å². The van der Waals surface area contributed by atoms with Gasteiger partial charge in [0.2, 0.25) is 5.69 Å². The van der Waals surface area contributed by atoms with Gasteiger partial charge in [-0.1, -0.05) is 4.49 Å². The number of esters is 1. The Morgan fingerprint density at radius 1 is 1.25 bits per heavy atom. The maximum Gasteiger partial charge on any atom is 0.362 e. The molecular weight excluding hydrogens is 360 g/mol. The molecule has 0 fully saturated rings. The number of hydrogen-bond donors (Lipinski definition) is 3. The summed E-state index contributed by atoms with van der Waals surface area (Å²) in [4.78, 5) is 23.2. The summed E-state index contributed by atoms with van der Waals surface area (Å²) in [5.41, 5.74) is 0.161. The molecule has 0 aliphatic carbocycles. The van der Waals surface area contributed by atoms with Crippen LogP contribution in [0.15, 0.2) is 29.2 Å². The lowest BCUT2D eigenvalue weighted by atomic mass is 10.3. The Labute approximate surface area is 140 Å². The molecule has 1 aromatic heterocycles. The van der Waals surface area contributed by atoms with Crippen LogP contribution in [0.25, 0.3) is 0 Å². The van der Waals surface area contributed by atoms with Gasteiger partial charge in [0.15, 0.2) is 5.00 Å². The summed E-state index contributed by atoms with van der Waals surface area (Å²) in [6.07, 6.45) is 0. The van der Waals surface area contributed by atoms with Gasteiger partial charge in [-0.05, 0) is 31.2 Å². The van der Waals surface area contributed by atoms with E-state index in [2.05, 4.69) is 20.2 Å². The smallest absolute Gasteiger partial charge is 0.362 e. The van der Waals surface area contributed by atoms with Gasteiger partial charge in [-0.3, -0.25) is 9.87 Å². The first-order chi connectivity index (χ1) is 11.3. The van der Waals surface area contributed by atoms with Crippen LogP contribution in [-0.4, -0.2) is 41.2 Å². The quantitative estimate of drug-likeness (QED) is 0.529. The van der Waals surface area contributed by atoms with Gasteiger partial charge in [-0.2, -0.15) is 8.42 Å². The number of benzene rings is 1. The molecule has 2 aromatic rings. The largest absolute Gasteiger partial charge is 0.461 e. The Hall–Kier alpha value is -2.57. The Morgan fingerprint density at radius 2 is 1.92 bits per heavy atom. The number of urea groups is 1. The average molecular weight is 372 g/mol. The van der Waals surface area contributed by atoms with Crippen molar-refractivity contribution in [1.82, 2.24) is 9.59 Å². The molecule has 0 spiro atoms. The van der Waals surface area contributed by atoms with Crippen LogP contribution in [0.2, 0.25) is 0 Å². The predicted molar refractivity (Wildman–Crippen MR) is 84.8 cm³/mol. The van der Waals surface area contributed by atoms with E-state index in [1.165, 1.54) is 12.1 Å². The normalized spacial score (nSPS) is 10.9. The number of nitrogens with zero attached hydrogens (tertiary/aromatic N) is 2. The Kier molecular flexibility index (Phi) is 5.43. The Bertz CT molecular complexity index is 847. The lowest BCUT2D eigenvalue weighted by molar-refractivity contribution is 0.0520. The monoisotopic (exact) mass is 372 g/mol. The standard InChI is InChI=1S/C12H12N4O6S2/c1-2-22-11(17)9-10(23-16-15-9)14-12(18)13-7-3-5-8(6-4-7)24(19,20)21/h3-6H,2H2,1H3,(H2,13,14,18)(H,19,20,21). The topological polar surface area (TPSA) is 148 Å². The van der Waals surface area contributed by atoms with Crippen LogP contribution in [0.4, 0.5) is 15.5 Å². The molecule has 2 amide bonds. The molecule has 1 aromatic carbocycles. The zero-order chi connectivity index (χ0) is 17.7. The molecule has 0 saturated carbocycles. The van der Waals surface area contributed by atoms with Crippen LogP contribution < -0.4 is 10.6 Å². The fraction of sp³-hybridized carbons (Fsp3) is 0.167. The van der Waals surface area contributed by atoms with Gasteiger partial charge in [0, 0.05) is 17.2 Å². The number of ether oxygens (including phenoxy) is 1. The zero-order valence-corrected chi connectivity index (χ0v) is 13.8. The van der Waals surface area contributed by atoms with E-state index in [-0.39, 0.29) is 27.9 Å². The highest BCUT2D eigenvalue weighted by Crippen LogP contribution is 2.19. The van der Waals surface area contributed by atoms with Crippen molar-refractivity contribution in [1.29, 1.82) is 0 Å². The van der Waals surface area contributed by atoms with Gasteiger partial charge in [0.25, 0.3) is 10.1 Å². The first kappa shape index (κ1) is 17.8. The van der Waals surface area contributed by atoms with Crippen LogP contribution in [-0.2, 0) is 14.9 Å². The second-order valence-electron chi connectivity index (χ2n) is 4.25. The summed E-state index contributed by atoms with van der Waals surface area (Å²) in [5.74, 6) is -0.709. The van der Waals surface area contributed by atoms with E-state index in [1.54, 1.807) is 6.92 Å². The lowest BCUT2D eigenvalue weighted by Gasteiger charge is -2.07. The van der Waals surface area contributed by atoms with Crippen molar-refractivity contribution in [2.45, 2.75) is 11.8 Å². The van der Waals surface area contributed by atoms with Crippen molar-refractivity contribution in [3.8, 4) is 0 Å². The van der Waals surface area contributed by atoms with Gasteiger partial charge in [-0.25, -0.2) is 9.59 Å². The van der Waals surface area contributed by atoms with Crippen LogP contribution >= 0.6 is 11.5 Å². The highest BCUT2D eigenvalue weighted by Gasteiger charge is 2.19. The van der Waals surface area contributed by atoms with E-state index in [4.69, 9.17) is 9.29 Å². The second-order valence-corrected chi connectivity index (χ2v) is 6.43. The lowest BCUT2D eigenvalue weighted by Crippen LogP contribution is -2.20. The number of rotatable bonds is 5. The fourth-order valence-corrected chi connectivity index (χ4v) is 2.61. The molecule has 0 aliphatic rings. The van der Waals surface area contributed by atoms with Crippen LogP contribution in [0.5, 0.6) is 0 Å². The number of carbonyl (C=O) groups is 2. The zero-order valence-electron chi connectivity index (χ0n) is 12.2. The summed E-state index contributed by atoms with van der Waals surface area (Å²) in [7, 11) is -4.30. The maximum atomic E-state index is 11.9. The Morgan fingerprint density at radius 3 is 2.50 bits per heavy atom. The summed E-state index contributed by atoms with van der Waals surface area (Å²) < 4.78 is 39.1. The van der Waals surface area contributed by atoms with Crippen molar-refractivity contribution in [3.05, 3.63) is 30.0 Å². The van der Waals surface area contributed by atoms with E-state index >= 15 is 0 Å². The summed E-state index contributed by atoms with van der Waals surface area (Å²) in [6.45, 7) is 1.79. The number of hydrogen-bond acceptors (Lipinski definition) is 8. The highest BCUT2D eigenvalue weighted by atomic mass is 32.2. The van der Waals surface area contributed by atoms with E-state index in [1.807, 2.05) is 0 Å². The fourth-order valence-electron chi connectivity index (χ4n) is 1.58. The van der Waals surface area contributed by atoms with Crippen LogP contribution in [0.1, 0.15) is 17.4 Å². The number of nitrogens with one attached hydrogen (secondary N) is 2. The SMILES string of the molecule is CCOC(=O)c1nnsc1NC(=O)Nc1ccc(S(=O)(=O)O)cc1. The minimum atomic E-state index is -4.30. The third-order valence-corrected chi connectivity index (χ3v) is 4.10. The third-order valence-electron chi connectivity index (χ3n) is 2.59. The molecule has 0 aliphatic heterocycles. The van der Waals surface area contributed by atoms with Gasteiger partial charge < -0.3 is 10.1 Å². The molecule has 0 unspecified atom stereocenters. The molecule has 0 atom stereocenters. The molecule has 12 heteroatoms. The molecule has 0 bridgehead atoms. The van der Waals surface area contributed by atoms with Gasteiger partial charge >= 0.3 is 12.0 Å². The molecule has 1 heterocycles. The number of aromatic nitrogens is 2. The number of anilines is 2. The van der Waals surface area contributed by atoms with Crippen molar-refractivity contribution < 1.29 is 27.3 Å². The number of amides is 2. The van der Waals surface area contributed by atoms with E-state index < -0.39 is 22.1 Å². The first-order valence-electron chi connectivity index (χ1n) is 6.46. The van der Waals surface area contributed by atoms with Crippen molar-refractivity contribution in [3.63, 3.8) is 0 Å². The number of carbonyl (C=O) groups excluding carboxylic acids is 2. The molecule has 0 radical (unpaired) electrons. The maximum absolute atomic E-state index is 11.9. The van der Waals surface area contributed by atoms with Crippen LogP contribution in [0, 0.1) is 0 Å². The first-order valence-corrected chi connectivity index (χ1v) is 8.67.